The van der Waals surface area contributed by atoms with Crippen LogP contribution in [0.5, 0.6) is 5.75 Å². The van der Waals surface area contributed by atoms with E-state index in [1.165, 1.54) is 6.07 Å². The standard InChI is InChI=1S/C12H16BrNO4/c1-17-8-10(13)4-3-9-7-11(14(15)16)5-6-12(9)18-2/h5-7,10H,3-4,8H2,1-2H3. The fourth-order valence-corrected chi connectivity index (χ4v) is 2.14. The molecule has 1 atom stereocenters. The molecule has 0 spiro atoms. The fourth-order valence-electron chi connectivity index (χ4n) is 1.65. The molecule has 0 aliphatic heterocycles. The van der Waals surface area contributed by atoms with Crippen LogP contribution < -0.4 is 4.74 Å². The van der Waals surface area contributed by atoms with Crippen molar-refractivity contribution in [2.24, 2.45) is 0 Å². The lowest BCUT2D eigenvalue weighted by atomic mass is 10.1. The largest absolute Gasteiger partial charge is 0.496 e. The summed E-state index contributed by atoms with van der Waals surface area (Å²) in [6.45, 7) is 0.608. The first-order valence-corrected chi connectivity index (χ1v) is 6.44. The Morgan fingerprint density at radius 3 is 2.72 bits per heavy atom. The van der Waals surface area contributed by atoms with Gasteiger partial charge in [0, 0.05) is 29.6 Å². The third-order valence-electron chi connectivity index (χ3n) is 2.55. The molecular weight excluding hydrogens is 302 g/mol. The fraction of sp³-hybridized carbons (Fsp3) is 0.500. The van der Waals surface area contributed by atoms with E-state index >= 15 is 0 Å². The Morgan fingerprint density at radius 2 is 2.17 bits per heavy atom. The molecular formula is C12H16BrNO4. The number of nitro groups is 1. The van der Waals surface area contributed by atoms with Crippen LogP contribution in [0.3, 0.4) is 0 Å². The van der Waals surface area contributed by atoms with Crippen LogP contribution in [-0.4, -0.2) is 30.6 Å². The SMILES string of the molecule is COCC(Br)CCc1cc([N+](=O)[O-])ccc1OC. The van der Waals surface area contributed by atoms with Gasteiger partial charge < -0.3 is 9.47 Å². The van der Waals surface area contributed by atoms with E-state index in [1.54, 1.807) is 26.4 Å². The molecule has 100 valence electrons. The summed E-state index contributed by atoms with van der Waals surface area (Å²) in [4.78, 5) is 10.6. The van der Waals surface area contributed by atoms with Crippen LogP contribution in [0.2, 0.25) is 0 Å². The van der Waals surface area contributed by atoms with Crippen molar-refractivity contribution in [3.63, 3.8) is 0 Å². The molecule has 1 aromatic carbocycles. The van der Waals surface area contributed by atoms with Crippen molar-refractivity contribution in [2.45, 2.75) is 17.7 Å². The molecule has 0 saturated carbocycles. The Morgan fingerprint density at radius 1 is 1.44 bits per heavy atom. The van der Waals surface area contributed by atoms with Crippen LogP contribution in [0, 0.1) is 10.1 Å². The zero-order valence-corrected chi connectivity index (χ0v) is 12.0. The molecule has 1 unspecified atom stereocenters. The Labute approximate surface area is 114 Å². The molecule has 0 radical (unpaired) electrons. The third kappa shape index (κ3) is 4.27. The lowest BCUT2D eigenvalue weighted by molar-refractivity contribution is -0.384. The highest BCUT2D eigenvalue weighted by atomic mass is 79.9. The maximum atomic E-state index is 10.7. The van der Waals surface area contributed by atoms with Gasteiger partial charge in [0.1, 0.15) is 5.75 Å². The summed E-state index contributed by atoms with van der Waals surface area (Å²) in [5.74, 6) is 0.678. The summed E-state index contributed by atoms with van der Waals surface area (Å²) in [6, 6.07) is 4.64. The van der Waals surface area contributed by atoms with Crippen LogP contribution in [0.4, 0.5) is 5.69 Å². The highest BCUT2D eigenvalue weighted by molar-refractivity contribution is 9.09. The summed E-state index contributed by atoms with van der Waals surface area (Å²) in [5.41, 5.74) is 0.927. The molecule has 0 fully saturated rings. The molecule has 6 heteroatoms. The molecule has 0 bridgehead atoms. The van der Waals surface area contributed by atoms with Crippen LogP contribution in [0.25, 0.3) is 0 Å². The Bertz CT molecular complexity index is 411. The van der Waals surface area contributed by atoms with Gasteiger partial charge in [-0.3, -0.25) is 10.1 Å². The van der Waals surface area contributed by atoms with Crippen LogP contribution in [0.15, 0.2) is 18.2 Å². The number of hydrogen-bond donors (Lipinski definition) is 0. The summed E-state index contributed by atoms with van der Waals surface area (Å²) in [7, 11) is 3.20. The number of nitrogens with zero attached hydrogens (tertiary/aromatic N) is 1. The van der Waals surface area contributed by atoms with Crippen molar-refractivity contribution in [3.8, 4) is 5.75 Å². The summed E-state index contributed by atoms with van der Waals surface area (Å²) in [6.07, 6.45) is 1.52. The van der Waals surface area contributed by atoms with Crippen molar-refractivity contribution < 1.29 is 14.4 Å². The molecule has 0 saturated heterocycles. The average molecular weight is 318 g/mol. The number of benzene rings is 1. The molecule has 0 heterocycles. The van der Waals surface area contributed by atoms with Crippen LogP contribution in [-0.2, 0) is 11.2 Å². The van der Waals surface area contributed by atoms with Crippen molar-refractivity contribution in [2.75, 3.05) is 20.8 Å². The minimum Gasteiger partial charge on any atom is -0.496 e. The third-order valence-corrected chi connectivity index (χ3v) is 3.27. The lowest BCUT2D eigenvalue weighted by Crippen LogP contribution is -2.08. The quantitative estimate of drug-likeness (QED) is 0.440. The molecule has 0 aromatic heterocycles. The van der Waals surface area contributed by atoms with Gasteiger partial charge in [-0.25, -0.2) is 0 Å². The van der Waals surface area contributed by atoms with Gasteiger partial charge in [-0.1, -0.05) is 15.9 Å². The van der Waals surface area contributed by atoms with Gasteiger partial charge in [0.25, 0.3) is 5.69 Å². The molecule has 1 rings (SSSR count). The summed E-state index contributed by atoms with van der Waals surface area (Å²) in [5, 5.41) is 10.7. The minimum atomic E-state index is -0.399. The predicted molar refractivity (Wildman–Crippen MR) is 72.6 cm³/mol. The number of rotatable bonds is 7. The van der Waals surface area contributed by atoms with Gasteiger partial charge in [0.05, 0.1) is 18.6 Å². The minimum absolute atomic E-state index is 0.0867. The highest BCUT2D eigenvalue weighted by Crippen LogP contribution is 2.26. The summed E-state index contributed by atoms with van der Waals surface area (Å²) < 4.78 is 10.2. The van der Waals surface area contributed by atoms with E-state index in [-0.39, 0.29) is 10.5 Å². The second kappa shape index (κ2) is 7.33. The Balaban J connectivity index is 2.78. The number of alkyl halides is 1. The zero-order chi connectivity index (χ0) is 13.5. The number of non-ortho nitro benzene ring substituents is 1. The normalized spacial score (nSPS) is 12.2. The van der Waals surface area contributed by atoms with Gasteiger partial charge in [-0.2, -0.15) is 0 Å². The van der Waals surface area contributed by atoms with Crippen molar-refractivity contribution >= 4 is 21.6 Å². The molecule has 0 aliphatic rings. The van der Waals surface area contributed by atoms with E-state index in [2.05, 4.69) is 15.9 Å². The van der Waals surface area contributed by atoms with Gasteiger partial charge in [0.15, 0.2) is 0 Å². The molecule has 0 aliphatic carbocycles. The monoisotopic (exact) mass is 317 g/mol. The number of aryl methyl sites for hydroxylation is 1. The zero-order valence-electron chi connectivity index (χ0n) is 10.4. The van der Waals surface area contributed by atoms with Crippen LogP contribution in [0.1, 0.15) is 12.0 Å². The number of halogens is 1. The van der Waals surface area contributed by atoms with E-state index in [0.717, 1.165) is 12.0 Å². The molecule has 0 N–H and O–H groups in total. The van der Waals surface area contributed by atoms with Crippen LogP contribution >= 0.6 is 15.9 Å². The first-order valence-electron chi connectivity index (χ1n) is 5.52. The van der Waals surface area contributed by atoms with Crippen molar-refractivity contribution in [1.82, 2.24) is 0 Å². The Kier molecular flexibility index (Phi) is 6.07. The first kappa shape index (κ1) is 14.9. The lowest BCUT2D eigenvalue weighted by Gasteiger charge is -2.11. The number of methoxy groups -OCH3 is 2. The van der Waals surface area contributed by atoms with Gasteiger partial charge in [-0.15, -0.1) is 0 Å². The molecule has 0 amide bonds. The van der Waals surface area contributed by atoms with Crippen molar-refractivity contribution in [1.29, 1.82) is 0 Å². The van der Waals surface area contributed by atoms with E-state index < -0.39 is 4.92 Å². The Hall–Kier alpha value is -1.14. The van der Waals surface area contributed by atoms with E-state index in [1.807, 2.05) is 0 Å². The number of hydrogen-bond acceptors (Lipinski definition) is 4. The number of ether oxygens (including phenoxy) is 2. The second-order valence-corrected chi connectivity index (χ2v) is 5.14. The highest BCUT2D eigenvalue weighted by Gasteiger charge is 2.12. The maximum Gasteiger partial charge on any atom is 0.269 e. The smallest absolute Gasteiger partial charge is 0.269 e. The van der Waals surface area contributed by atoms with E-state index in [0.29, 0.717) is 18.8 Å². The first-order chi connectivity index (χ1) is 8.58. The van der Waals surface area contributed by atoms with Crippen molar-refractivity contribution in [3.05, 3.63) is 33.9 Å². The topological polar surface area (TPSA) is 61.6 Å². The summed E-state index contributed by atoms with van der Waals surface area (Å²) >= 11 is 3.49. The molecule has 18 heavy (non-hydrogen) atoms. The van der Waals surface area contributed by atoms with Gasteiger partial charge in [-0.05, 0) is 18.9 Å². The number of nitro benzene ring substituents is 1. The maximum absolute atomic E-state index is 10.7. The second-order valence-electron chi connectivity index (χ2n) is 3.84. The van der Waals surface area contributed by atoms with Gasteiger partial charge in [0.2, 0.25) is 0 Å². The van der Waals surface area contributed by atoms with Gasteiger partial charge >= 0.3 is 0 Å². The molecule has 1 aromatic rings. The average Bonchev–Trinajstić information content (AvgIpc) is 2.36. The molecule has 5 nitrogen and oxygen atoms in total. The van der Waals surface area contributed by atoms with E-state index in [9.17, 15) is 10.1 Å². The predicted octanol–water partition coefficient (Wildman–Crippen LogP) is 2.95. The van der Waals surface area contributed by atoms with E-state index in [4.69, 9.17) is 9.47 Å².